The summed E-state index contributed by atoms with van der Waals surface area (Å²) in [4.78, 5) is 24.7. The molecule has 2 heterocycles. The normalized spacial score (nSPS) is 12.4. The van der Waals surface area contributed by atoms with E-state index in [1.165, 1.54) is 0 Å². The number of ether oxygens (including phenoxy) is 3. The van der Waals surface area contributed by atoms with E-state index in [1.54, 1.807) is 22.9 Å². The molecule has 1 aliphatic rings. The van der Waals surface area contributed by atoms with E-state index < -0.39 is 18.5 Å². The number of aryl methyl sites for hydroxylation is 2. The summed E-state index contributed by atoms with van der Waals surface area (Å²) in [6.45, 7) is 6.18. The number of nitrogens with one attached hydrogen (secondary N) is 1. The molecule has 0 bridgehead atoms. The maximum absolute atomic E-state index is 12.4. The fourth-order valence-corrected chi connectivity index (χ4v) is 3.32. The van der Waals surface area contributed by atoms with Crippen molar-refractivity contribution in [3.63, 3.8) is 0 Å². The minimum Gasteiger partial charge on any atom is -0.486 e. The number of aromatic nitrogens is 2. The Morgan fingerprint density at radius 3 is 2.48 bits per heavy atom. The number of rotatable bonds is 5. The maximum atomic E-state index is 12.4. The largest absolute Gasteiger partial charge is 0.486 e. The zero-order valence-electron chi connectivity index (χ0n) is 17.6. The van der Waals surface area contributed by atoms with Crippen LogP contribution in [-0.4, -0.2) is 41.5 Å². The van der Waals surface area contributed by atoms with Crippen molar-refractivity contribution in [1.82, 2.24) is 9.78 Å². The molecule has 0 aliphatic carbocycles. The first-order valence-corrected chi connectivity index (χ1v) is 9.92. The van der Waals surface area contributed by atoms with Crippen LogP contribution in [0.3, 0.4) is 0 Å². The van der Waals surface area contributed by atoms with Gasteiger partial charge in [0.2, 0.25) is 0 Å². The van der Waals surface area contributed by atoms with Crippen LogP contribution in [0.1, 0.15) is 27.3 Å². The molecule has 3 aromatic rings. The molecular weight excluding hydrogens is 398 g/mol. The number of nitrogens with zero attached hydrogens (tertiary/aromatic N) is 2. The third-order valence-corrected chi connectivity index (χ3v) is 4.95. The van der Waals surface area contributed by atoms with E-state index in [2.05, 4.69) is 10.4 Å². The molecule has 160 valence electrons. The highest BCUT2D eigenvalue weighted by atomic mass is 16.6. The van der Waals surface area contributed by atoms with Gasteiger partial charge in [0.25, 0.3) is 5.91 Å². The SMILES string of the molecule is Cc1ccc(-n2nc(C)c(NC(=O)COC(=O)c3ccc4c(c3)OCCO4)c2C)cc1. The summed E-state index contributed by atoms with van der Waals surface area (Å²) < 4.78 is 17.8. The Hall–Kier alpha value is -3.81. The molecule has 8 heteroatoms. The molecule has 1 aliphatic heterocycles. The highest BCUT2D eigenvalue weighted by Gasteiger charge is 2.19. The number of hydrogen-bond donors (Lipinski definition) is 1. The van der Waals surface area contributed by atoms with E-state index >= 15 is 0 Å². The molecule has 1 N–H and O–H groups in total. The monoisotopic (exact) mass is 421 g/mol. The molecular formula is C23H23N3O5. The van der Waals surface area contributed by atoms with Crippen LogP contribution in [0, 0.1) is 20.8 Å². The van der Waals surface area contributed by atoms with Crippen LogP contribution < -0.4 is 14.8 Å². The first-order chi connectivity index (χ1) is 14.9. The molecule has 0 unspecified atom stereocenters. The molecule has 2 aromatic carbocycles. The predicted molar refractivity (Wildman–Crippen MR) is 114 cm³/mol. The van der Waals surface area contributed by atoms with Crippen LogP contribution >= 0.6 is 0 Å². The summed E-state index contributed by atoms with van der Waals surface area (Å²) in [6.07, 6.45) is 0. The van der Waals surface area contributed by atoms with Gasteiger partial charge in [0.1, 0.15) is 13.2 Å². The number of amides is 1. The molecule has 0 saturated heterocycles. The first kappa shape index (κ1) is 20.5. The lowest BCUT2D eigenvalue weighted by Crippen LogP contribution is -2.22. The number of anilines is 1. The van der Waals surface area contributed by atoms with Gasteiger partial charge in [-0.2, -0.15) is 5.10 Å². The van der Waals surface area contributed by atoms with Gasteiger partial charge >= 0.3 is 5.97 Å². The van der Waals surface area contributed by atoms with Gasteiger partial charge in [-0.15, -0.1) is 0 Å². The Labute approximate surface area is 179 Å². The second-order valence-electron chi connectivity index (χ2n) is 7.28. The van der Waals surface area contributed by atoms with E-state index in [0.717, 1.165) is 16.9 Å². The topological polar surface area (TPSA) is 91.7 Å². The second-order valence-corrected chi connectivity index (χ2v) is 7.28. The minimum absolute atomic E-state index is 0.289. The highest BCUT2D eigenvalue weighted by Crippen LogP contribution is 2.31. The zero-order valence-corrected chi connectivity index (χ0v) is 17.6. The third kappa shape index (κ3) is 4.37. The van der Waals surface area contributed by atoms with Crippen molar-refractivity contribution in [3.8, 4) is 17.2 Å². The molecule has 0 spiro atoms. The van der Waals surface area contributed by atoms with Crippen molar-refractivity contribution < 1.29 is 23.8 Å². The molecule has 0 radical (unpaired) electrons. The lowest BCUT2D eigenvalue weighted by Gasteiger charge is -2.18. The number of esters is 1. The van der Waals surface area contributed by atoms with Crippen LogP contribution in [0.4, 0.5) is 5.69 Å². The van der Waals surface area contributed by atoms with Gasteiger partial charge in [0.15, 0.2) is 18.1 Å². The molecule has 1 amide bonds. The zero-order chi connectivity index (χ0) is 22.0. The van der Waals surface area contributed by atoms with E-state index in [1.807, 2.05) is 45.0 Å². The average Bonchev–Trinajstić information content (AvgIpc) is 3.06. The third-order valence-electron chi connectivity index (χ3n) is 4.95. The Morgan fingerprint density at radius 2 is 1.74 bits per heavy atom. The molecule has 0 saturated carbocycles. The van der Waals surface area contributed by atoms with E-state index in [0.29, 0.717) is 36.1 Å². The lowest BCUT2D eigenvalue weighted by molar-refractivity contribution is -0.119. The van der Waals surface area contributed by atoms with Gasteiger partial charge in [-0.1, -0.05) is 17.7 Å². The van der Waals surface area contributed by atoms with Gasteiger partial charge in [-0.05, 0) is 51.1 Å². The fraction of sp³-hybridized carbons (Fsp3) is 0.261. The van der Waals surface area contributed by atoms with Crippen molar-refractivity contribution in [1.29, 1.82) is 0 Å². The van der Waals surface area contributed by atoms with Gasteiger partial charge in [-0.25, -0.2) is 9.48 Å². The number of carbonyl (C=O) groups is 2. The predicted octanol–water partition coefficient (Wildman–Crippen LogP) is 3.36. The number of benzene rings is 2. The van der Waals surface area contributed by atoms with E-state index in [-0.39, 0.29) is 5.56 Å². The molecule has 0 atom stereocenters. The van der Waals surface area contributed by atoms with Crippen molar-refractivity contribution in [3.05, 3.63) is 65.0 Å². The maximum Gasteiger partial charge on any atom is 0.338 e. The Kier molecular flexibility index (Phi) is 5.62. The van der Waals surface area contributed by atoms with Crippen LogP contribution in [0.25, 0.3) is 5.69 Å². The van der Waals surface area contributed by atoms with Gasteiger partial charge in [0.05, 0.1) is 28.3 Å². The lowest BCUT2D eigenvalue weighted by atomic mass is 10.2. The minimum atomic E-state index is -0.615. The number of hydrogen-bond acceptors (Lipinski definition) is 6. The summed E-state index contributed by atoms with van der Waals surface area (Å²) in [5.74, 6) is 0.00784. The molecule has 0 fully saturated rings. The number of carbonyl (C=O) groups excluding carboxylic acids is 2. The summed E-state index contributed by atoms with van der Waals surface area (Å²) in [6, 6.07) is 12.7. The van der Waals surface area contributed by atoms with E-state index in [4.69, 9.17) is 14.2 Å². The second kappa shape index (κ2) is 8.51. The highest BCUT2D eigenvalue weighted by molar-refractivity contribution is 5.96. The van der Waals surface area contributed by atoms with Crippen molar-refractivity contribution in [2.24, 2.45) is 0 Å². The number of fused-ring (bicyclic) bond motifs is 1. The summed E-state index contributed by atoms with van der Waals surface area (Å²) in [5, 5.41) is 7.31. The van der Waals surface area contributed by atoms with Crippen LogP contribution in [-0.2, 0) is 9.53 Å². The molecule has 31 heavy (non-hydrogen) atoms. The van der Waals surface area contributed by atoms with Crippen molar-refractivity contribution in [2.45, 2.75) is 20.8 Å². The quantitative estimate of drug-likeness (QED) is 0.635. The van der Waals surface area contributed by atoms with Gasteiger partial charge in [0, 0.05) is 0 Å². The van der Waals surface area contributed by atoms with Crippen molar-refractivity contribution >= 4 is 17.6 Å². The Morgan fingerprint density at radius 1 is 1.03 bits per heavy atom. The van der Waals surface area contributed by atoms with Crippen LogP contribution in [0.15, 0.2) is 42.5 Å². The molecule has 8 nitrogen and oxygen atoms in total. The van der Waals surface area contributed by atoms with Crippen LogP contribution in [0.2, 0.25) is 0 Å². The average molecular weight is 421 g/mol. The summed E-state index contributed by atoms with van der Waals surface area (Å²) >= 11 is 0. The Bertz CT molecular complexity index is 1130. The van der Waals surface area contributed by atoms with E-state index in [9.17, 15) is 9.59 Å². The van der Waals surface area contributed by atoms with Crippen molar-refractivity contribution in [2.75, 3.05) is 25.1 Å². The molecule has 4 rings (SSSR count). The van der Waals surface area contributed by atoms with Crippen LogP contribution in [0.5, 0.6) is 11.5 Å². The Balaban J connectivity index is 1.40. The van der Waals surface area contributed by atoms with Gasteiger partial charge < -0.3 is 19.5 Å². The first-order valence-electron chi connectivity index (χ1n) is 9.92. The van der Waals surface area contributed by atoms with Gasteiger partial charge in [-0.3, -0.25) is 4.79 Å². The smallest absolute Gasteiger partial charge is 0.338 e. The summed E-state index contributed by atoms with van der Waals surface area (Å²) in [7, 11) is 0. The summed E-state index contributed by atoms with van der Waals surface area (Å²) in [5.41, 5.74) is 4.39. The fourth-order valence-electron chi connectivity index (χ4n) is 3.32. The molecule has 1 aromatic heterocycles. The standard InChI is InChI=1S/C23H23N3O5/c1-14-4-7-18(8-5-14)26-16(3)22(15(2)25-26)24-21(27)13-31-23(28)17-6-9-19-20(12-17)30-11-10-29-19/h4-9,12H,10-11,13H2,1-3H3,(H,24,27).